The van der Waals surface area contributed by atoms with Crippen molar-refractivity contribution >= 4 is 11.8 Å². The molecule has 2 fully saturated rings. The second-order valence-corrected chi connectivity index (χ2v) is 7.23. The summed E-state index contributed by atoms with van der Waals surface area (Å²) < 4.78 is 0. The fourth-order valence-corrected chi connectivity index (χ4v) is 3.03. The third-order valence-electron chi connectivity index (χ3n) is 5.05. The first-order valence-electron chi connectivity index (χ1n) is 7.23. The largest absolute Gasteiger partial charge is 0.388 e. The Morgan fingerprint density at radius 3 is 1.89 bits per heavy atom. The van der Waals surface area contributed by atoms with Crippen molar-refractivity contribution < 1.29 is 14.7 Å². The summed E-state index contributed by atoms with van der Waals surface area (Å²) in [6, 6.07) is 0. The summed E-state index contributed by atoms with van der Waals surface area (Å²) in [5, 5.41) is 10.6. The van der Waals surface area contributed by atoms with Crippen LogP contribution in [-0.4, -0.2) is 34.0 Å². The monoisotopic (exact) mass is 267 g/mol. The zero-order valence-electron chi connectivity index (χ0n) is 12.4. The van der Waals surface area contributed by atoms with Crippen LogP contribution in [0.2, 0.25) is 0 Å². The molecule has 0 aromatic heterocycles. The van der Waals surface area contributed by atoms with Gasteiger partial charge in [0.1, 0.15) is 0 Å². The molecule has 0 aromatic carbocycles. The Labute approximate surface area is 115 Å². The summed E-state index contributed by atoms with van der Waals surface area (Å²) in [6.45, 7) is 8.15. The van der Waals surface area contributed by atoms with Gasteiger partial charge in [-0.15, -0.1) is 0 Å². The quantitative estimate of drug-likeness (QED) is 0.778. The molecule has 4 nitrogen and oxygen atoms in total. The number of rotatable bonds is 2. The van der Waals surface area contributed by atoms with Crippen molar-refractivity contribution in [2.24, 2.45) is 17.3 Å². The van der Waals surface area contributed by atoms with Crippen LogP contribution in [0.4, 0.5) is 0 Å². The number of hydrogen-bond acceptors (Lipinski definition) is 3. The number of aliphatic hydroxyl groups is 1. The first-order valence-corrected chi connectivity index (χ1v) is 7.23. The molecule has 2 rings (SSSR count). The van der Waals surface area contributed by atoms with Gasteiger partial charge in [-0.25, -0.2) is 0 Å². The Hall–Kier alpha value is -0.900. The number of imide groups is 1. The lowest BCUT2D eigenvalue weighted by Gasteiger charge is -2.41. The lowest BCUT2D eigenvalue weighted by Crippen LogP contribution is -2.48. The Bertz CT molecular complexity index is 372. The molecule has 1 saturated heterocycles. The number of likely N-dealkylation sites (tertiary alicyclic amines) is 1. The van der Waals surface area contributed by atoms with Gasteiger partial charge >= 0.3 is 0 Å². The minimum Gasteiger partial charge on any atom is -0.388 e. The van der Waals surface area contributed by atoms with Gasteiger partial charge in [-0.05, 0) is 31.1 Å². The average molecular weight is 267 g/mol. The van der Waals surface area contributed by atoms with Crippen LogP contribution in [0.1, 0.15) is 53.4 Å². The van der Waals surface area contributed by atoms with Crippen LogP contribution < -0.4 is 0 Å². The van der Waals surface area contributed by atoms with E-state index in [4.69, 9.17) is 0 Å². The van der Waals surface area contributed by atoms with Crippen LogP contribution in [0, 0.1) is 17.3 Å². The minimum atomic E-state index is -0.884. The topological polar surface area (TPSA) is 57.6 Å². The van der Waals surface area contributed by atoms with E-state index < -0.39 is 5.60 Å². The number of carbonyl (C=O) groups is 2. The summed E-state index contributed by atoms with van der Waals surface area (Å²) in [5.74, 6) is -0.765. The highest BCUT2D eigenvalue weighted by atomic mass is 16.3. The van der Waals surface area contributed by atoms with Crippen LogP contribution in [0.25, 0.3) is 0 Å². The highest BCUT2D eigenvalue weighted by Crippen LogP contribution is 2.41. The zero-order valence-corrected chi connectivity index (χ0v) is 12.4. The molecule has 108 valence electrons. The molecule has 0 radical (unpaired) electrons. The smallest absolute Gasteiger partial charge is 0.232 e. The number of β-amino-alcohol motifs (C(OH)–C–C–N with tert-alkyl or cyclic N) is 1. The van der Waals surface area contributed by atoms with Crippen molar-refractivity contribution in [1.82, 2.24) is 4.90 Å². The average Bonchev–Trinajstić information content (AvgIpc) is 2.52. The Morgan fingerprint density at radius 1 is 1.05 bits per heavy atom. The van der Waals surface area contributed by atoms with Crippen LogP contribution in [-0.2, 0) is 9.59 Å². The summed E-state index contributed by atoms with van der Waals surface area (Å²) in [6.07, 6.45) is 3.20. The maximum Gasteiger partial charge on any atom is 0.232 e. The van der Waals surface area contributed by atoms with E-state index >= 15 is 0 Å². The van der Waals surface area contributed by atoms with Crippen molar-refractivity contribution in [3.8, 4) is 0 Å². The molecule has 1 heterocycles. The standard InChI is InChI=1S/C15H25NO3/c1-10-11(2)13(18)16(12(10)17)9-15(19)7-5-14(3,4)6-8-15/h10-11,19H,5-9H2,1-4H3. The molecule has 0 spiro atoms. The van der Waals surface area contributed by atoms with Gasteiger partial charge in [-0.1, -0.05) is 27.7 Å². The highest BCUT2D eigenvalue weighted by molar-refractivity contribution is 6.04. The number of hydrogen-bond donors (Lipinski definition) is 1. The Balaban J connectivity index is 2.06. The van der Waals surface area contributed by atoms with E-state index in [1.54, 1.807) is 13.8 Å². The first-order chi connectivity index (χ1) is 8.65. The minimum absolute atomic E-state index is 0.129. The van der Waals surface area contributed by atoms with E-state index in [9.17, 15) is 14.7 Å². The van der Waals surface area contributed by atoms with Gasteiger partial charge in [0.15, 0.2) is 0 Å². The third-order valence-corrected chi connectivity index (χ3v) is 5.05. The van der Waals surface area contributed by atoms with Gasteiger partial charge in [0.2, 0.25) is 11.8 Å². The Morgan fingerprint density at radius 2 is 1.47 bits per heavy atom. The fraction of sp³-hybridized carbons (Fsp3) is 0.867. The van der Waals surface area contributed by atoms with E-state index in [-0.39, 0.29) is 35.6 Å². The number of carbonyl (C=O) groups excluding carboxylic acids is 2. The fourth-order valence-electron chi connectivity index (χ4n) is 3.03. The number of amides is 2. The molecule has 1 saturated carbocycles. The molecule has 1 aliphatic carbocycles. The Kier molecular flexibility index (Phi) is 3.50. The van der Waals surface area contributed by atoms with Crippen LogP contribution in [0.3, 0.4) is 0 Å². The van der Waals surface area contributed by atoms with Crippen molar-refractivity contribution in [2.45, 2.75) is 59.0 Å². The maximum atomic E-state index is 12.1. The molecule has 1 N–H and O–H groups in total. The summed E-state index contributed by atoms with van der Waals surface area (Å²) in [4.78, 5) is 25.4. The van der Waals surface area contributed by atoms with Crippen LogP contribution in [0.5, 0.6) is 0 Å². The molecular formula is C15H25NO3. The molecule has 0 bridgehead atoms. The second kappa shape index (κ2) is 4.58. The predicted octanol–water partition coefficient (Wildman–Crippen LogP) is 1.96. The van der Waals surface area contributed by atoms with Gasteiger partial charge in [0.05, 0.1) is 12.1 Å². The molecular weight excluding hydrogens is 242 g/mol. The van der Waals surface area contributed by atoms with Gasteiger partial charge < -0.3 is 5.11 Å². The van der Waals surface area contributed by atoms with Crippen molar-refractivity contribution in [3.05, 3.63) is 0 Å². The number of nitrogens with zero attached hydrogens (tertiary/aromatic N) is 1. The van der Waals surface area contributed by atoms with Gasteiger partial charge in [0, 0.05) is 11.8 Å². The predicted molar refractivity (Wildman–Crippen MR) is 72.2 cm³/mol. The zero-order chi connectivity index (χ0) is 14.4. The molecule has 4 heteroatoms. The molecule has 1 aliphatic heterocycles. The summed E-state index contributed by atoms with van der Waals surface area (Å²) in [5.41, 5.74) is -0.629. The van der Waals surface area contributed by atoms with Crippen LogP contribution in [0.15, 0.2) is 0 Å². The van der Waals surface area contributed by atoms with Crippen molar-refractivity contribution in [3.63, 3.8) is 0 Å². The van der Waals surface area contributed by atoms with E-state index in [0.29, 0.717) is 12.8 Å². The highest BCUT2D eigenvalue weighted by Gasteiger charge is 2.46. The van der Waals surface area contributed by atoms with E-state index in [1.807, 2.05) is 0 Å². The van der Waals surface area contributed by atoms with Crippen molar-refractivity contribution in [2.75, 3.05) is 6.54 Å². The summed E-state index contributed by atoms with van der Waals surface area (Å²) >= 11 is 0. The second-order valence-electron chi connectivity index (χ2n) is 7.23. The molecule has 2 unspecified atom stereocenters. The maximum absolute atomic E-state index is 12.1. The van der Waals surface area contributed by atoms with E-state index in [0.717, 1.165) is 12.8 Å². The van der Waals surface area contributed by atoms with Gasteiger partial charge in [0.25, 0.3) is 0 Å². The van der Waals surface area contributed by atoms with E-state index in [2.05, 4.69) is 13.8 Å². The molecule has 2 atom stereocenters. The van der Waals surface area contributed by atoms with E-state index in [1.165, 1.54) is 4.90 Å². The SMILES string of the molecule is CC1C(=O)N(CC2(O)CCC(C)(C)CC2)C(=O)C1C. The van der Waals surface area contributed by atoms with Gasteiger partial charge in [-0.2, -0.15) is 0 Å². The molecule has 2 aliphatic rings. The lowest BCUT2D eigenvalue weighted by atomic mass is 9.71. The molecule has 19 heavy (non-hydrogen) atoms. The van der Waals surface area contributed by atoms with Crippen LogP contribution >= 0.6 is 0 Å². The summed E-state index contributed by atoms with van der Waals surface area (Å²) in [7, 11) is 0. The third kappa shape index (κ3) is 2.69. The molecule has 0 aromatic rings. The van der Waals surface area contributed by atoms with Crippen molar-refractivity contribution in [1.29, 1.82) is 0 Å². The lowest BCUT2D eigenvalue weighted by molar-refractivity contribution is -0.145. The molecule has 2 amide bonds. The van der Waals surface area contributed by atoms with Gasteiger partial charge in [-0.3, -0.25) is 14.5 Å². The first kappa shape index (κ1) is 14.5. The normalized spacial score (nSPS) is 33.8.